The first-order valence-corrected chi connectivity index (χ1v) is 13.3. The molecule has 0 atom stereocenters. The number of amides is 2. The van der Waals surface area contributed by atoms with E-state index < -0.39 is 0 Å². The highest BCUT2D eigenvalue weighted by Crippen LogP contribution is 2.32. The van der Waals surface area contributed by atoms with Gasteiger partial charge in [0.25, 0.3) is 0 Å². The van der Waals surface area contributed by atoms with E-state index in [0.717, 1.165) is 55.5 Å². The zero-order chi connectivity index (χ0) is 25.1. The maximum Gasteiger partial charge on any atom is 0.246 e. The van der Waals surface area contributed by atoms with Crippen LogP contribution in [0.1, 0.15) is 63.9 Å². The lowest BCUT2D eigenvalue weighted by atomic mass is 10.0. The Bertz CT molecular complexity index is 1190. The fourth-order valence-corrected chi connectivity index (χ4v) is 5.05. The average molecular weight is 485 g/mol. The second kappa shape index (κ2) is 10.7. The van der Waals surface area contributed by atoms with E-state index in [2.05, 4.69) is 43.4 Å². The Labute approximate surface area is 213 Å². The molecule has 5 rings (SSSR count). The number of anilines is 1. The number of hydrogen-bond donors (Lipinski definition) is 1. The highest BCUT2D eigenvalue weighted by molar-refractivity contribution is 5.94. The monoisotopic (exact) mass is 484 g/mol. The van der Waals surface area contributed by atoms with Crippen molar-refractivity contribution in [3.05, 3.63) is 66.4 Å². The minimum Gasteiger partial charge on any atom is -0.333 e. The van der Waals surface area contributed by atoms with Gasteiger partial charge in [0.15, 0.2) is 0 Å². The van der Waals surface area contributed by atoms with E-state index in [0.29, 0.717) is 24.3 Å². The van der Waals surface area contributed by atoms with E-state index in [-0.39, 0.29) is 24.3 Å². The molecule has 0 spiro atoms. The average Bonchev–Trinajstić information content (AvgIpc) is 3.36. The van der Waals surface area contributed by atoms with Crippen LogP contribution >= 0.6 is 0 Å². The predicted octanol–water partition coefficient (Wildman–Crippen LogP) is 6.03. The van der Waals surface area contributed by atoms with E-state index in [1.165, 1.54) is 5.56 Å². The Morgan fingerprint density at radius 3 is 2.33 bits per heavy atom. The van der Waals surface area contributed by atoms with Crippen LogP contribution in [-0.4, -0.2) is 39.4 Å². The van der Waals surface area contributed by atoms with Crippen LogP contribution in [-0.2, 0) is 9.59 Å². The topological polar surface area (TPSA) is 67.2 Å². The Balaban J connectivity index is 1.39. The van der Waals surface area contributed by atoms with Gasteiger partial charge in [-0.25, -0.2) is 4.98 Å². The van der Waals surface area contributed by atoms with Crippen LogP contribution in [0.5, 0.6) is 0 Å². The van der Waals surface area contributed by atoms with Gasteiger partial charge in [0.1, 0.15) is 0 Å². The van der Waals surface area contributed by atoms with Crippen molar-refractivity contribution < 1.29 is 9.59 Å². The summed E-state index contributed by atoms with van der Waals surface area (Å²) in [4.78, 5) is 33.0. The SMILES string of the molecule is CC(C)c1ccc(-n2cc(-c3ccccc3)nc2NC(=O)CN(CC2CC2)C(=O)C2CCCC2)cc1. The second-order valence-electron chi connectivity index (χ2n) is 10.6. The summed E-state index contributed by atoms with van der Waals surface area (Å²) in [5, 5.41) is 3.03. The smallest absolute Gasteiger partial charge is 0.246 e. The molecule has 1 N–H and O–H groups in total. The summed E-state index contributed by atoms with van der Waals surface area (Å²) < 4.78 is 1.92. The molecule has 2 aliphatic carbocycles. The van der Waals surface area contributed by atoms with Crippen molar-refractivity contribution in [1.82, 2.24) is 14.5 Å². The van der Waals surface area contributed by atoms with Crippen molar-refractivity contribution in [2.24, 2.45) is 11.8 Å². The molecule has 0 radical (unpaired) electrons. The lowest BCUT2D eigenvalue weighted by Crippen LogP contribution is -2.42. The Kier molecular flexibility index (Phi) is 7.21. The van der Waals surface area contributed by atoms with Gasteiger partial charge in [-0.05, 0) is 55.2 Å². The van der Waals surface area contributed by atoms with Gasteiger partial charge < -0.3 is 4.90 Å². The summed E-state index contributed by atoms with van der Waals surface area (Å²) >= 11 is 0. The standard InChI is InChI=1S/C30H36N4O2/c1-21(2)23-14-16-26(17-15-23)34-19-27(24-8-4-3-5-9-24)31-30(34)32-28(35)20-33(18-22-12-13-22)29(36)25-10-6-7-11-25/h3-5,8-9,14-17,19,21-22,25H,6-7,10-13,18,20H2,1-2H3,(H,31,32,35). The maximum atomic E-state index is 13.3. The van der Waals surface area contributed by atoms with Crippen molar-refractivity contribution in [3.8, 4) is 16.9 Å². The minimum absolute atomic E-state index is 0.0719. The summed E-state index contributed by atoms with van der Waals surface area (Å²) in [6.45, 7) is 5.10. The zero-order valence-electron chi connectivity index (χ0n) is 21.3. The number of aromatic nitrogens is 2. The number of nitrogens with zero attached hydrogens (tertiary/aromatic N) is 3. The number of carbonyl (C=O) groups is 2. The number of imidazole rings is 1. The number of rotatable bonds is 9. The van der Waals surface area contributed by atoms with E-state index in [1.54, 1.807) is 4.90 Å². The van der Waals surface area contributed by atoms with Gasteiger partial charge in [0.05, 0.1) is 12.2 Å². The molecule has 1 aromatic heterocycles. The van der Waals surface area contributed by atoms with Gasteiger partial charge in [-0.15, -0.1) is 0 Å². The molecule has 3 aromatic rings. The van der Waals surface area contributed by atoms with Crippen LogP contribution in [0.4, 0.5) is 5.95 Å². The first kappa shape index (κ1) is 24.3. The van der Waals surface area contributed by atoms with Crippen molar-refractivity contribution in [1.29, 1.82) is 0 Å². The molecule has 0 aliphatic heterocycles. The molecule has 1 heterocycles. The summed E-state index contributed by atoms with van der Waals surface area (Å²) in [6.07, 6.45) is 8.35. The van der Waals surface area contributed by atoms with E-state index in [1.807, 2.05) is 41.1 Å². The highest BCUT2D eigenvalue weighted by atomic mass is 16.2. The van der Waals surface area contributed by atoms with Crippen molar-refractivity contribution in [3.63, 3.8) is 0 Å². The molecule has 0 saturated heterocycles. The van der Waals surface area contributed by atoms with Gasteiger partial charge in [-0.2, -0.15) is 0 Å². The molecule has 2 aromatic carbocycles. The number of benzene rings is 2. The lowest BCUT2D eigenvalue weighted by molar-refractivity contribution is -0.138. The third kappa shape index (κ3) is 5.69. The van der Waals surface area contributed by atoms with Gasteiger partial charge in [-0.1, -0.05) is 69.2 Å². The van der Waals surface area contributed by atoms with Crippen LogP contribution in [0, 0.1) is 11.8 Å². The molecule has 2 aliphatic rings. The van der Waals surface area contributed by atoms with Gasteiger partial charge >= 0.3 is 0 Å². The zero-order valence-corrected chi connectivity index (χ0v) is 21.3. The summed E-state index contributed by atoms with van der Waals surface area (Å²) in [6, 6.07) is 18.3. The summed E-state index contributed by atoms with van der Waals surface area (Å²) in [5.41, 5.74) is 3.96. The minimum atomic E-state index is -0.202. The van der Waals surface area contributed by atoms with Crippen LogP contribution < -0.4 is 5.32 Å². The molecular formula is C30H36N4O2. The lowest BCUT2D eigenvalue weighted by Gasteiger charge is -2.25. The molecule has 2 fully saturated rings. The van der Waals surface area contributed by atoms with Crippen LogP contribution in [0.15, 0.2) is 60.8 Å². The molecule has 6 heteroatoms. The highest BCUT2D eigenvalue weighted by Gasteiger charge is 2.33. The predicted molar refractivity (Wildman–Crippen MR) is 143 cm³/mol. The van der Waals surface area contributed by atoms with Gasteiger partial charge in [-0.3, -0.25) is 19.5 Å². The van der Waals surface area contributed by atoms with E-state index in [4.69, 9.17) is 4.98 Å². The third-order valence-corrected chi connectivity index (χ3v) is 7.39. The first-order chi connectivity index (χ1) is 17.5. The first-order valence-electron chi connectivity index (χ1n) is 13.3. The summed E-state index contributed by atoms with van der Waals surface area (Å²) in [5.74, 6) is 1.46. The van der Waals surface area contributed by atoms with Crippen molar-refractivity contribution in [2.45, 2.75) is 58.3 Å². The number of hydrogen-bond acceptors (Lipinski definition) is 3. The molecule has 0 unspecified atom stereocenters. The largest absolute Gasteiger partial charge is 0.333 e. The molecule has 36 heavy (non-hydrogen) atoms. The molecule has 6 nitrogen and oxygen atoms in total. The van der Waals surface area contributed by atoms with Gasteiger partial charge in [0, 0.05) is 29.9 Å². The Morgan fingerprint density at radius 2 is 1.69 bits per heavy atom. The van der Waals surface area contributed by atoms with Crippen LogP contribution in [0.3, 0.4) is 0 Å². The van der Waals surface area contributed by atoms with E-state index >= 15 is 0 Å². The fraction of sp³-hybridized carbons (Fsp3) is 0.433. The quantitative estimate of drug-likeness (QED) is 0.403. The maximum absolute atomic E-state index is 13.3. The Morgan fingerprint density at radius 1 is 1.00 bits per heavy atom. The van der Waals surface area contributed by atoms with Crippen LogP contribution in [0.25, 0.3) is 16.9 Å². The summed E-state index contributed by atoms with van der Waals surface area (Å²) in [7, 11) is 0. The number of carbonyl (C=O) groups excluding carboxylic acids is 2. The molecule has 188 valence electrons. The molecule has 2 amide bonds. The fourth-order valence-electron chi connectivity index (χ4n) is 5.05. The molecule has 2 saturated carbocycles. The normalized spacial score (nSPS) is 15.9. The molecule has 0 bridgehead atoms. The second-order valence-corrected chi connectivity index (χ2v) is 10.6. The van der Waals surface area contributed by atoms with Crippen LogP contribution in [0.2, 0.25) is 0 Å². The van der Waals surface area contributed by atoms with E-state index in [9.17, 15) is 9.59 Å². The third-order valence-electron chi connectivity index (χ3n) is 7.39. The molecular weight excluding hydrogens is 448 g/mol. The Hall–Kier alpha value is -3.41. The van der Waals surface area contributed by atoms with Crippen molar-refractivity contribution >= 4 is 17.8 Å². The van der Waals surface area contributed by atoms with Gasteiger partial charge in [0.2, 0.25) is 17.8 Å². The number of nitrogens with one attached hydrogen (secondary N) is 1. The van der Waals surface area contributed by atoms with Crippen molar-refractivity contribution in [2.75, 3.05) is 18.4 Å².